The highest BCUT2D eigenvalue weighted by molar-refractivity contribution is 5.90. The molecular weight excluding hydrogens is 745 g/mol. The van der Waals surface area contributed by atoms with Crippen molar-refractivity contribution in [2.24, 2.45) is 0 Å². The molecule has 0 heteroatoms. The first-order valence-electron chi connectivity index (χ1n) is 25.3. The molecule has 1 atom stereocenters. The van der Waals surface area contributed by atoms with Gasteiger partial charge in [-0.25, -0.2) is 0 Å². The first kappa shape index (κ1) is 41.3. The third kappa shape index (κ3) is 6.94. The molecular formula is C62H70. The van der Waals surface area contributed by atoms with Gasteiger partial charge in [-0.1, -0.05) is 208 Å². The minimum atomic E-state index is -0.383. The fraction of sp³-hybridized carbons (Fsp3) is 0.419. The Morgan fingerprint density at radius 3 is 1.45 bits per heavy atom. The van der Waals surface area contributed by atoms with E-state index in [-0.39, 0.29) is 10.8 Å². The zero-order valence-corrected chi connectivity index (χ0v) is 38.5. The lowest BCUT2D eigenvalue weighted by atomic mass is 9.65. The number of hydrogen-bond acceptors (Lipinski definition) is 0. The predicted molar refractivity (Wildman–Crippen MR) is 265 cm³/mol. The molecule has 1 unspecified atom stereocenters. The fourth-order valence-corrected chi connectivity index (χ4v) is 12.4. The van der Waals surface area contributed by atoms with Gasteiger partial charge in [-0.05, 0) is 158 Å². The number of hydrogen-bond donors (Lipinski definition) is 0. The molecule has 10 rings (SSSR count). The molecule has 0 aliphatic heterocycles. The Bertz CT molecular complexity index is 2510. The summed E-state index contributed by atoms with van der Waals surface area (Å²) in [6.45, 7) is 9.41. The van der Waals surface area contributed by atoms with Crippen molar-refractivity contribution in [3.05, 3.63) is 176 Å². The zero-order chi connectivity index (χ0) is 42.3. The number of aryl methyl sites for hydroxylation is 4. The summed E-state index contributed by atoms with van der Waals surface area (Å²) in [5, 5.41) is 0. The minimum absolute atomic E-state index is 0.0678. The second kappa shape index (κ2) is 17.5. The molecule has 0 fully saturated rings. The van der Waals surface area contributed by atoms with E-state index in [0.29, 0.717) is 5.92 Å². The third-order valence-corrected chi connectivity index (χ3v) is 16.5. The van der Waals surface area contributed by atoms with E-state index in [2.05, 4.69) is 143 Å². The maximum atomic E-state index is 2.67. The molecule has 0 amide bonds. The molecule has 0 radical (unpaired) electrons. The van der Waals surface area contributed by atoms with Crippen molar-refractivity contribution in [3.8, 4) is 33.4 Å². The van der Waals surface area contributed by atoms with Crippen molar-refractivity contribution in [1.82, 2.24) is 0 Å². The van der Waals surface area contributed by atoms with Gasteiger partial charge in [-0.15, -0.1) is 0 Å². The molecule has 0 nitrogen and oxygen atoms in total. The smallest absolute Gasteiger partial charge is 0.0654 e. The lowest BCUT2D eigenvalue weighted by molar-refractivity contribution is 0.398. The van der Waals surface area contributed by atoms with Crippen molar-refractivity contribution in [2.45, 2.75) is 166 Å². The van der Waals surface area contributed by atoms with Crippen molar-refractivity contribution in [1.29, 1.82) is 0 Å². The molecule has 0 heterocycles. The summed E-state index contributed by atoms with van der Waals surface area (Å²) >= 11 is 0. The molecule has 0 spiro atoms. The Hall–Kier alpha value is -4.68. The molecule has 0 saturated carbocycles. The fourth-order valence-electron chi connectivity index (χ4n) is 12.4. The lowest BCUT2D eigenvalue weighted by Crippen LogP contribution is -2.30. The lowest BCUT2D eigenvalue weighted by Gasteiger charge is -2.37. The Kier molecular flexibility index (Phi) is 11.6. The van der Waals surface area contributed by atoms with Crippen molar-refractivity contribution in [2.75, 3.05) is 0 Å². The summed E-state index contributed by atoms with van der Waals surface area (Å²) in [5.41, 5.74) is 24.8. The van der Waals surface area contributed by atoms with Crippen LogP contribution in [-0.4, -0.2) is 0 Å². The van der Waals surface area contributed by atoms with E-state index in [9.17, 15) is 0 Å². The van der Waals surface area contributed by atoms with Crippen molar-refractivity contribution < 1.29 is 0 Å². The average molecular weight is 815 g/mol. The SMILES string of the molecule is CCCCCCCCC1(CCCCCCCC)c2ccccc2-c2ccc(-c3ccc4c(c3)C(c3ccc5c(c3)CC5)(c3ccc5c(c3)CC5)c3cc(C(C)CC)ccc3-4)cc21. The number of fused-ring (bicyclic) bond motifs is 8. The van der Waals surface area contributed by atoms with Gasteiger partial charge in [0, 0.05) is 5.41 Å². The third-order valence-electron chi connectivity index (χ3n) is 16.5. The second-order valence-electron chi connectivity index (χ2n) is 20.0. The maximum Gasteiger partial charge on any atom is 0.0714 e. The van der Waals surface area contributed by atoms with Crippen molar-refractivity contribution in [3.63, 3.8) is 0 Å². The molecule has 6 aromatic rings. The molecule has 6 aromatic carbocycles. The van der Waals surface area contributed by atoms with Crippen LogP contribution in [0.25, 0.3) is 33.4 Å². The van der Waals surface area contributed by atoms with Gasteiger partial charge >= 0.3 is 0 Å². The molecule has 0 saturated heterocycles. The maximum absolute atomic E-state index is 2.67. The van der Waals surface area contributed by atoms with Gasteiger partial charge in [0.25, 0.3) is 0 Å². The van der Waals surface area contributed by atoms with Crippen LogP contribution >= 0.6 is 0 Å². The van der Waals surface area contributed by atoms with Crippen LogP contribution in [0.3, 0.4) is 0 Å². The highest BCUT2D eigenvalue weighted by Gasteiger charge is 2.48. The van der Waals surface area contributed by atoms with Crippen LogP contribution in [-0.2, 0) is 36.5 Å². The molecule has 4 aliphatic carbocycles. The van der Waals surface area contributed by atoms with Crippen LogP contribution < -0.4 is 0 Å². The van der Waals surface area contributed by atoms with E-state index in [0.717, 1.165) is 6.42 Å². The molecule has 4 aliphatic rings. The van der Waals surface area contributed by atoms with Gasteiger partial charge in [0.1, 0.15) is 0 Å². The molecule has 318 valence electrons. The van der Waals surface area contributed by atoms with E-state index in [4.69, 9.17) is 0 Å². The number of unbranched alkanes of at least 4 members (excludes halogenated alkanes) is 10. The Morgan fingerprint density at radius 1 is 0.419 bits per heavy atom. The predicted octanol–water partition coefficient (Wildman–Crippen LogP) is 17.2. The quantitative estimate of drug-likeness (QED) is 0.0714. The van der Waals surface area contributed by atoms with Gasteiger partial charge in [0.15, 0.2) is 0 Å². The number of rotatable bonds is 19. The van der Waals surface area contributed by atoms with Crippen LogP contribution in [0.15, 0.2) is 115 Å². The van der Waals surface area contributed by atoms with E-state index >= 15 is 0 Å². The van der Waals surface area contributed by atoms with Crippen molar-refractivity contribution >= 4 is 0 Å². The summed E-state index contributed by atoms with van der Waals surface area (Å²) in [6, 6.07) is 47.4. The summed E-state index contributed by atoms with van der Waals surface area (Å²) < 4.78 is 0. The van der Waals surface area contributed by atoms with Crippen LogP contribution in [0.5, 0.6) is 0 Å². The van der Waals surface area contributed by atoms with Gasteiger partial charge in [0.05, 0.1) is 5.41 Å². The molecule has 0 bridgehead atoms. The normalized spacial score (nSPS) is 16.0. The monoisotopic (exact) mass is 815 g/mol. The standard InChI is InChI=1S/C62H70/c1-5-8-10-12-14-18-36-61(37-19-15-13-11-9-6-2)57-21-17-16-20-53(57)54-34-29-49(41-58(54)61)50-30-35-56-55-33-28-46(43(4)7-3)40-59(55)62(60(56)42-50,51-31-26-44-22-24-47(44)38-51)52-32-27-45-23-25-48(45)39-52/h16-17,20-21,26-35,38-43H,5-15,18-19,22-25,36-37H2,1-4H3. The zero-order valence-electron chi connectivity index (χ0n) is 38.5. The highest BCUT2D eigenvalue weighted by atomic mass is 14.5. The van der Waals surface area contributed by atoms with Crippen LogP contribution in [0.1, 0.15) is 191 Å². The minimum Gasteiger partial charge on any atom is -0.0654 e. The van der Waals surface area contributed by atoms with Gasteiger partial charge in [-0.3, -0.25) is 0 Å². The van der Waals surface area contributed by atoms with Gasteiger partial charge in [0.2, 0.25) is 0 Å². The Morgan fingerprint density at radius 2 is 0.903 bits per heavy atom. The Balaban J connectivity index is 1.12. The first-order valence-corrected chi connectivity index (χ1v) is 25.3. The van der Waals surface area contributed by atoms with E-state index < -0.39 is 0 Å². The van der Waals surface area contributed by atoms with Crippen LogP contribution in [0.4, 0.5) is 0 Å². The topological polar surface area (TPSA) is 0 Å². The molecule has 62 heavy (non-hydrogen) atoms. The van der Waals surface area contributed by atoms with E-state index in [1.54, 1.807) is 22.3 Å². The Labute approximate surface area is 374 Å². The first-order chi connectivity index (χ1) is 30.5. The second-order valence-corrected chi connectivity index (χ2v) is 20.0. The molecule has 0 N–H and O–H groups in total. The summed E-state index contributed by atoms with van der Waals surface area (Å²) in [6.07, 6.45) is 24.5. The summed E-state index contributed by atoms with van der Waals surface area (Å²) in [7, 11) is 0. The van der Waals surface area contributed by atoms with Crippen LogP contribution in [0, 0.1) is 0 Å². The van der Waals surface area contributed by atoms with E-state index in [1.165, 1.54) is 188 Å². The van der Waals surface area contributed by atoms with E-state index in [1.807, 2.05) is 0 Å². The largest absolute Gasteiger partial charge is 0.0714 e. The van der Waals surface area contributed by atoms with Gasteiger partial charge < -0.3 is 0 Å². The molecule has 0 aromatic heterocycles. The summed E-state index contributed by atoms with van der Waals surface area (Å²) in [4.78, 5) is 0. The number of benzene rings is 6. The van der Waals surface area contributed by atoms with Gasteiger partial charge in [-0.2, -0.15) is 0 Å². The highest BCUT2D eigenvalue weighted by Crippen LogP contribution is 2.59. The average Bonchev–Trinajstić information content (AvgIpc) is 3.73. The van der Waals surface area contributed by atoms with Crippen LogP contribution in [0.2, 0.25) is 0 Å². The summed E-state index contributed by atoms with van der Waals surface area (Å²) in [5.74, 6) is 0.509.